The Bertz CT molecular complexity index is 519. The molecule has 0 saturated heterocycles. The summed E-state index contributed by atoms with van der Waals surface area (Å²) in [7, 11) is 0. The molecule has 3 heteroatoms. The molecule has 2 aromatic rings. The minimum absolute atomic E-state index is 0.369. The van der Waals surface area contributed by atoms with Gasteiger partial charge in [-0.05, 0) is 48.2 Å². The first kappa shape index (κ1) is 11.4. The summed E-state index contributed by atoms with van der Waals surface area (Å²) >= 11 is 0. The number of nitrogens with zero attached hydrogens (tertiary/aromatic N) is 1. The van der Waals surface area contributed by atoms with Gasteiger partial charge in [0.25, 0.3) is 0 Å². The maximum atomic E-state index is 9.52. The molecule has 0 radical (unpaired) electrons. The Morgan fingerprint density at radius 2 is 1.94 bits per heavy atom. The molecule has 1 aliphatic rings. The van der Waals surface area contributed by atoms with E-state index in [0.717, 1.165) is 38.2 Å². The van der Waals surface area contributed by atoms with Gasteiger partial charge in [0, 0.05) is 13.1 Å². The van der Waals surface area contributed by atoms with Gasteiger partial charge in [-0.1, -0.05) is 6.07 Å². The van der Waals surface area contributed by atoms with Gasteiger partial charge in [-0.15, -0.1) is 0 Å². The number of fused-ring (bicyclic) bond motifs is 1. The molecular formula is C15H17NO2. The van der Waals surface area contributed by atoms with Gasteiger partial charge >= 0.3 is 0 Å². The summed E-state index contributed by atoms with van der Waals surface area (Å²) in [5.41, 5.74) is 2.63. The van der Waals surface area contributed by atoms with Crippen LogP contribution in [0.3, 0.4) is 0 Å². The average molecular weight is 243 g/mol. The molecule has 0 unspecified atom stereocenters. The van der Waals surface area contributed by atoms with Crippen molar-refractivity contribution in [3.05, 3.63) is 53.5 Å². The lowest BCUT2D eigenvalue weighted by Crippen LogP contribution is -2.25. The van der Waals surface area contributed by atoms with Crippen molar-refractivity contribution >= 4 is 0 Å². The van der Waals surface area contributed by atoms with Gasteiger partial charge < -0.3 is 9.52 Å². The second kappa shape index (κ2) is 4.86. The molecule has 1 N–H and O–H groups in total. The highest BCUT2D eigenvalue weighted by Gasteiger charge is 2.15. The number of rotatable bonds is 2. The van der Waals surface area contributed by atoms with Crippen molar-refractivity contribution in [1.82, 2.24) is 4.90 Å². The van der Waals surface area contributed by atoms with E-state index in [-0.39, 0.29) is 0 Å². The summed E-state index contributed by atoms with van der Waals surface area (Å²) in [4.78, 5) is 2.40. The molecule has 0 fully saturated rings. The second-order valence-electron chi connectivity index (χ2n) is 4.81. The normalized spacial score (nSPS) is 16.2. The minimum Gasteiger partial charge on any atom is -0.508 e. The molecule has 0 bridgehead atoms. The van der Waals surface area contributed by atoms with Gasteiger partial charge in [0.2, 0.25) is 0 Å². The average Bonchev–Trinajstić information content (AvgIpc) is 2.79. The first-order chi connectivity index (χ1) is 8.81. The molecule has 0 atom stereocenters. The number of phenols is 1. The summed E-state index contributed by atoms with van der Waals surface area (Å²) in [6, 6.07) is 9.66. The number of hydrogen-bond donors (Lipinski definition) is 1. The van der Waals surface area contributed by atoms with Crippen LogP contribution in [0.25, 0.3) is 0 Å². The third-order valence-electron chi connectivity index (χ3n) is 3.54. The number of phenolic OH excluding ortho intramolecular Hbond substituents is 1. The Morgan fingerprint density at radius 1 is 1.11 bits per heavy atom. The number of benzene rings is 1. The van der Waals surface area contributed by atoms with Crippen LogP contribution in [0.1, 0.15) is 16.9 Å². The van der Waals surface area contributed by atoms with Gasteiger partial charge in [0.15, 0.2) is 0 Å². The Hall–Kier alpha value is -1.74. The molecule has 94 valence electrons. The van der Waals surface area contributed by atoms with Gasteiger partial charge in [-0.2, -0.15) is 0 Å². The predicted octanol–water partition coefficient (Wildman–Crippen LogP) is 2.59. The maximum Gasteiger partial charge on any atom is 0.117 e. The summed E-state index contributed by atoms with van der Waals surface area (Å²) in [5, 5.41) is 9.52. The van der Waals surface area contributed by atoms with Gasteiger partial charge in [-0.25, -0.2) is 0 Å². The van der Waals surface area contributed by atoms with Crippen molar-refractivity contribution in [3.63, 3.8) is 0 Å². The number of furan rings is 1. The Kier molecular flexibility index (Phi) is 3.07. The highest BCUT2D eigenvalue weighted by Crippen LogP contribution is 2.21. The Morgan fingerprint density at radius 3 is 2.72 bits per heavy atom. The van der Waals surface area contributed by atoms with Crippen LogP contribution in [0.4, 0.5) is 0 Å². The fourth-order valence-corrected chi connectivity index (χ4v) is 2.54. The SMILES string of the molecule is Oc1ccc2c(c1)CCN(Cc1ccco1)CC2. The molecule has 1 aromatic heterocycles. The lowest BCUT2D eigenvalue weighted by molar-refractivity contribution is 0.255. The predicted molar refractivity (Wildman–Crippen MR) is 69.5 cm³/mol. The lowest BCUT2D eigenvalue weighted by Gasteiger charge is -2.17. The molecule has 0 saturated carbocycles. The molecule has 0 spiro atoms. The number of aromatic hydroxyl groups is 1. The summed E-state index contributed by atoms with van der Waals surface area (Å²) in [5.74, 6) is 1.39. The van der Waals surface area contributed by atoms with Crippen molar-refractivity contribution < 1.29 is 9.52 Å². The zero-order valence-electron chi connectivity index (χ0n) is 10.3. The molecule has 18 heavy (non-hydrogen) atoms. The monoisotopic (exact) mass is 243 g/mol. The van der Waals surface area contributed by atoms with Crippen molar-refractivity contribution in [2.75, 3.05) is 13.1 Å². The molecule has 1 aliphatic heterocycles. The van der Waals surface area contributed by atoms with Crippen molar-refractivity contribution in [3.8, 4) is 5.75 Å². The third kappa shape index (κ3) is 2.41. The Balaban J connectivity index is 1.71. The molecule has 3 rings (SSSR count). The summed E-state index contributed by atoms with van der Waals surface area (Å²) in [6.45, 7) is 2.92. The molecule has 0 amide bonds. The van der Waals surface area contributed by atoms with E-state index in [2.05, 4.69) is 4.90 Å². The highest BCUT2D eigenvalue weighted by atomic mass is 16.3. The Labute approximate surface area is 107 Å². The van der Waals surface area contributed by atoms with E-state index in [0.29, 0.717) is 5.75 Å². The zero-order valence-corrected chi connectivity index (χ0v) is 10.3. The molecule has 0 aliphatic carbocycles. The van der Waals surface area contributed by atoms with Crippen LogP contribution in [0.2, 0.25) is 0 Å². The van der Waals surface area contributed by atoms with E-state index in [9.17, 15) is 5.11 Å². The van der Waals surface area contributed by atoms with E-state index in [4.69, 9.17) is 4.42 Å². The van der Waals surface area contributed by atoms with Crippen LogP contribution in [-0.2, 0) is 19.4 Å². The first-order valence-corrected chi connectivity index (χ1v) is 6.37. The smallest absolute Gasteiger partial charge is 0.117 e. The number of hydrogen-bond acceptors (Lipinski definition) is 3. The van der Waals surface area contributed by atoms with E-state index in [1.807, 2.05) is 24.3 Å². The molecular weight excluding hydrogens is 226 g/mol. The van der Waals surface area contributed by atoms with Crippen LogP contribution < -0.4 is 0 Å². The van der Waals surface area contributed by atoms with Crippen LogP contribution in [0, 0.1) is 0 Å². The minimum atomic E-state index is 0.369. The van der Waals surface area contributed by atoms with Gasteiger partial charge in [0.1, 0.15) is 11.5 Å². The lowest BCUT2D eigenvalue weighted by atomic mass is 10.0. The first-order valence-electron chi connectivity index (χ1n) is 6.37. The van der Waals surface area contributed by atoms with Crippen molar-refractivity contribution in [2.24, 2.45) is 0 Å². The van der Waals surface area contributed by atoms with E-state index in [1.165, 1.54) is 11.1 Å². The molecule has 3 nitrogen and oxygen atoms in total. The summed E-state index contributed by atoms with van der Waals surface area (Å²) < 4.78 is 5.39. The zero-order chi connectivity index (χ0) is 12.4. The van der Waals surface area contributed by atoms with Gasteiger partial charge in [0.05, 0.1) is 12.8 Å². The second-order valence-corrected chi connectivity index (χ2v) is 4.81. The van der Waals surface area contributed by atoms with Crippen molar-refractivity contribution in [2.45, 2.75) is 19.4 Å². The third-order valence-corrected chi connectivity index (χ3v) is 3.54. The fourth-order valence-electron chi connectivity index (χ4n) is 2.54. The largest absolute Gasteiger partial charge is 0.508 e. The van der Waals surface area contributed by atoms with Crippen molar-refractivity contribution in [1.29, 1.82) is 0 Å². The van der Waals surface area contributed by atoms with E-state index < -0.39 is 0 Å². The molecule has 2 heterocycles. The highest BCUT2D eigenvalue weighted by molar-refractivity contribution is 5.36. The van der Waals surface area contributed by atoms with Crippen LogP contribution >= 0.6 is 0 Å². The van der Waals surface area contributed by atoms with Crippen LogP contribution in [0.5, 0.6) is 5.75 Å². The quantitative estimate of drug-likeness (QED) is 0.880. The van der Waals surface area contributed by atoms with Gasteiger partial charge in [-0.3, -0.25) is 4.90 Å². The van der Waals surface area contributed by atoms with E-state index in [1.54, 1.807) is 12.3 Å². The topological polar surface area (TPSA) is 36.6 Å². The molecule has 1 aromatic carbocycles. The van der Waals surface area contributed by atoms with Crippen LogP contribution in [0.15, 0.2) is 41.0 Å². The van der Waals surface area contributed by atoms with Crippen LogP contribution in [-0.4, -0.2) is 23.1 Å². The van der Waals surface area contributed by atoms with E-state index >= 15 is 0 Å². The standard InChI is InChI=1S/C15H17NO2/c17-14-4-3-12-5-7-16(8-6-13(12)10-14)11-15-2-1-9-18-15/h1-4,9-10,17H,5-8,11H2. The fraction of sp³-hybridized carbons (Fsp3) is 0.333. The summed E-state index contributed by atoms with van der Waals surface area (Å²) in [6.07, 6.45) is 3.75. The maximum absolute atomic E-state index is 9.52.